The Kier molecular flexibility index (Phi) is 7.71. The minimum atomic E-state index is -0.581. The summed E-state index contributed by atoms with van der Waals surface area (Å²) in [5, 5.41) is 3.47. The average Bonchev–Trinajstić information content (AvgIpc) is 2.71. The second kappa shape index (κ2) is 10.5. The van der Waals surface area contributed by atoms with E-state index in [2.05, 4.69) is 45.4 Å². The molecule has 0 radical (unpaired) electrons. The van der Waals surface area contributed by atoms with Crippen molar-refractivity contribution in [2.24, 2.45) is 0 Å². The van der Waals surface area contributed by atoms with E-state index in [9.17, 15) is 4.79 Å². The number of hydrogen-bond acceptors (Lipinski definition) is 4. The van der Waals surface area contributed by atoms with Gasteiger partial charge in [-0.3, -0.25) is 14.6 Å². The maximum atomic E-state index is 12.2. The van der Waals surface area contributed by atoms with Crippen LogP contribution in [0.5, 0.6) is 5.75 Å². The fourth-order valence-corrected chi connectivity index (χ4v) is 3.46. The highest BCUT2D eigenvalue weighted by molar-refractivity contribution is 6.32. The molecule has 1 heterocycles. The van der Waals surface area contributed by atoms with Gasteiger partial charge in [0.1, 0.15) is 5.75 Å². The summed E-state index contributed by atoms with van der Waals surface area (Å²) in [7, 11) is 0. The smallest absolute Gasteiger partial charge is 0.260 e. The molecule has 2 aromatic rings. The van der Waals surface area contributed by atoms with Crippen molar-refractivity contribution in [3.05, 3.63) is 65.2 Å². The standard InChI is InChI=1S/C22H28ClN3O2/c1-18(28-21-10-6-5-9-20(21)23)22(27)24-11-12-25-13-15-26(16-14-25)17-19-7-3-2-4-8-19/h2-10,18H,11-17H2,1H3,(H,24,27). The van der Waals surface area contributed by atoms with Crippen LogP contribution in [0.25, 0.3) is 0 Å². The molecule has 0 bridgehead atoms. The molecule has 1 fully saturated rings. The van der Waals surface area contributed by atoms with Crippen LogP contribution in [0.15, 0.2) is 54.6 Å². The number of piperazine rings is 1. The molecule has 0 aliphatic carbocycles. The van der Waals surface area contributed by atoms with Crippen LogP contribution in [-0.4, -0.2) is 61.1 Å². The third-order valence-corrected chi connectivity index (χ3v) is 5.26. The molecule has 6 heteroatoms. The highest BCUT2D eigenvalue weighted by Gasteiger charge is 2.18. The third-order valence-electron chi connectivity index (χ3n) is 4.95. The molecule has 1 unspecified atom stereocenters. The Morgan fingerprint density at radius 1 is 1.04 bits per heavy atom. The van der Waals surface area contributed by atoms with Crippen molar-refractivity contribution >= 4 is 17.5 Å². The number of rotatable bonds is 8. The molecule has 28 heavy (non-hydrogen) atoms. The molecule has 1 amide bonds. The molecule has 0 spiro atoms. The van der Waals surface area contributed by atoms with E-state index in [-0.39, 0.29) is 5.91 Å². The maximum absolute atomic E-state index is 12.2. The number of ether oxygens (including phenoxy) is 1. The number of nitrogens with one attached hydrogen (secondary N) is 1. The Morgan fingerprint density at radius 2 is 1.68 bits per heavy atom. The quantitative estimate of drug-likeness (QED) is 0.738. The Morgan fingerprint density at radius 3 is 2.39 bits per heavy atom. The first-order valence-corrected chi connectivity index (χ1v) is 10.2. The monoisotopic (exact) mass is 401 g/mol. The average molecular weight is 402 g/mol. The lowest BCUT2D eigenvalue weighted by molar-refractivity contribution is -0.127. The number of nitrogens with zero attached hydrogens (tertiary/aromatic N) is 2. The molecule has 1 atom stereocenters. The third kappa shape index (κ3) is 6.23. The van der Waals surface area contributed by atoms with Crippen LogP contribution in [0.3, 0.4) is 0 Å². The van der Waals surface area contributed by atoms with Gasteiger partial charge in [-0.1, -0.05) is 54.1 Å². The van der Waals surface area contributed by atoms with Gasteiger partial charge in [-0.25, -0.2) is 0 Å². The molecule has 1 aliphatic rings. The lowest BCUT2D eigenvalue weighted by atomic mass is 10.2. The Labute approximate surface area is 172 Å². The van der Waals surface area contributed by atoms with Crippen LogP contribution in [0.4, 0.5) is 0 Å². The molecular weight excluding hydrogens is 374 g/mol. The Bertz CT molecular complexity index is 748. The van der Waals surface area contributed by atoms with Crippen LogP contribution >= 0.6 is 11.6 Å². The molecule has 1 N–H and O–H groups in total. The summed E-state index contributed by atoms with van der Waals surface area (Å²) in [4.78, 5) is 17.1. The van der Waals surface area contributed by atoms with Crippen molar-refractivity contribution in [1.29, 1.82) is 0 Å². The minimum absolute atomic E-state index is 0.123. The van der Waals surface area contributed by atoms with Crippen LogP contribution in [0.2, 0.25) is 5.02 Å². The predicted molar refractivity (Wildman–Crippen MR) is 113 cm³/mol. The summed E-state index contributed by atoms with van der Waals surface area (Å²) >= 11 is 6.07. The summed E-state index contributed by atoms with van der Waals surface area (Å²) in [6.07, 6.45) is -0.581. The summed E-state index contributed by atoms with van der Waals surface area (Å²) in [5.74, 6) is 0.406. The number of para-hydroxylation sites is 1. The van der Waals surface area contributed by atoms with Gasteiger partial charge in [-0.05, 0) is 24.6 Å². The normalized spacial score (nSPS) is 16.5. The van der Waals surface area contributed by atoms with E-state index in [1.807, 2.05) is 12.1 Å². The number of carbonyl (C=O) groups excluding carboxylic acids is 1. The Balaban J connectivity index is 1.33. The summed E-state index contributed by atoms with van der Waals surface area (Å²) in [5.41, 5.74) is 1.36. The van der Waals surface area contributed by atoms with Gasteiger partial charge >= 0.3 is 0 Å². The van der Waals surface area contributed by atoms with Crippen molar-refractivity contribution < 1.29 is 9.53 Å². The maximum Gasteiger partial charge on any atom is 0.260 e. The largest absolute Gasteiger partial charge is 0.479 e. The second-order valence-electron chi connectivity index (χ2n) is 7.08. The van der Waals surface area contributed by atoms with Crippen molar-refractivity contribution in [1.82, 2.24) is 15.1 Å². The summed E-state index contributed by atoms with van der Waals surface area (Å²) < 4.78 is 5.66. The van der Waals surface area contributed by atoms with Gasteiger partial charge in [-0.2, -0.15) is 0 Å². The van der Waals surface area contributed by atoms with E-state index in [0.29, 0.717) is 17.3 Å². The van der Waals surface area contributed by atoms with E-state index < -0.39 is 6.10 Å². The van der Waals surface area contributed by atoms with Gasteiger partial charge < -0.3 is 10.1 Å². The van der Waals surface area contributed by atoms with E-state index in [1.165, 1.54) is 5.56 Å². The SMILES string of the molecule is CC(Oc1ccccc1Cl)C(=O)NCCN1CCN(Cc2ccccc2)CC1. The van der Waals surface area contributed by atoms with Crippen molar-refractivity contribution in [3.63, 3.8) is 0 Å². The van der Waals surface area contributed by atoms with Gasteiger partial charge in [0.15, 0.2) is 6.10 Å². The van der Waals surface area contributed by atoms with Crippen LogP contribution in [-0.2, 0) is 11.3 Å². The lowest BCUT2D eigenvalue weighted by Crippen LogP contribution is -2.48. The fraction of sp³-hybridized carbons (Fsp3) is 0.409. The van der Waals surface area contributed by atoms with E-state index >= 15 is 0 Å². The number of carbonyl (C=O) groups is 1. The topological polar surface area (TPSA) is 44.8 Å². The minimum Gasteiger partial charge on any atom is -0.479 e. The lowest BCUT2D eigenvalue weighted by Gasteiger charge is -2.34. The van der Waals surface area contributed by atoms with Gasteiger partial charge in [0.25, 0.3) is 5.91 Å². The molecule has 0 aromatic heterocycles. The van der Waals surface area contributed by atoms with E-state index in [1.54, 1.807) is 19.1 Å². The van der Waals surface area contributed by atoms with Crippen LogP contribution < -0.4 is 10.1 Å². The highest BCUT2D eigenvalue weighted by Crippen LogP contribution is 2.24. The molecule has 1 aliphatic heterocycles. The summed E-state index contributed by atoms with van der Waals surface area (Å²) in [6, 6.07) is 17.8. The molecular formula is C22H28ClN3O2. The molecule has 2 aromatic carbocycles. The van der Waals surface area contributed by atoms with Gasteiger partial charge in [0.2, 0.25) is 0 Å². The van der Waals surface area contributed by atoms with E-state index in [4.69, 9.17) is 16.3 Å². The van der Waals surface area contributed by atoms with Gasteiger partial charge in [-0.15, -0.1) is 0 Å². The molecule has 0 saturated carbocycles. The zero-order chi connectivity index (χ0) is 19.8. The van der Waals surface area contributed by atoms with Crippen LogP contribution in [0, 0.1) is 0 Å². The molecule has 5 nitrogen and oxygen atoms in total. The number of benzene rings is 2. The predicted octanol–water partition coefficient (Wildman–Crippen LogP) is 3.04. The highest BCUT2D eigenvalue weighted by atomic mass is 35.5. The summed E-state index contributed by atoms with van der Waals surface area (Å²) in [6.45, 7) is 8.35. The van der Waals surface area contributed by atoms with Crippen LogP contribution in [0.1, 0.15) is 12.5 Å². The molecule has 1 saturated heterocycles. The number of hydrogen-bond donors (Lipinski definition) is 1. The van der Waals surface area contributed by atoms with Gasteiger partial charge in [0, 0.05) is 45.8 Å². The van der Waals surface area contributed by atoms with E-state index in [0.717, 1.165) is 39.3 Å². The zero-order valence-electron chi connectivity index (χ0n) is 16.3. The number of amides is 1. The molecule has 3 rings (SSSR count). The Hall–Kier alpha value is -2.08. The van der Waals surface area contributed by atoms with Crippen molar-refractivity contribution in [2.45, 2.75) is 19.6 Å². The first kappa shape index (κ1) is 20.6. The van der Waals surface area contributed by atoms with Crippen molar-refractivity contribution in [2.75, 3.05) is 39.3 Å². The fourth-order valence-electron chi connectivity index (χ4n) is 3.28. The first-order valence-electron chi connectivity index (χ1n) is 9.79. The number of halogens is 1. The van der Waals surface area contributed by atoms with Gasteiger partial charge in [0.05, 0.1) is 5.02 Å². The van der Waals surface area contributed by atoms with Crippen molar-refractivity contribution in [3.8, 4) is 5.75 Å². The first-order chi connectivity index (χ1) is 13.6. The molecule has 150 valence electrons. The second-order valence-corrected chi connectivity index (χ2v) is 7.49. The zero-order valence-corrected chi connectivity index (χ0v) is 17.1.